The van der Waals surface area contributed by atoms with Gasteiger partial charge in [0.15, 0.2) is 6.61 Å². The van der Waals surface area contributed by atoms with E-state index < -0.39 is 24.4 Å². The zero-order chi connectivity index (χ0) is 21.2. The van der Waals surface area contributed by atoms with Crippen molar-refractivity contribution in [2.45, 2.75) is 6.61 Å². The molecule has 3 aromatic rings. The molecule has 0 saturated carbocycles. The van der Waals surface area contributed by atoms with Gasteiger partial charge in [-0.2, -0.15) is 0 Å². The van der Waals surface area contributed by atoms with Gasteiger partial charge in [-0.05, 0) is 42.0 Å². The monoisotopic (exact) mass is 404 g/mol. The normalized spacial score (nSPS) is 10.0. The minimum absolute atomic E-state index is 0.305. The lowest BCUT2D eigenvalue weighted by molar-refractivity contribution is -0.125. The molecule has 0 aliphatic rings. The molecule has 3 rings (SSSR count). The van der Waals surface area contributed by atoms with E-state index in [2.05, 4.69) is 10.9 Å². The van der Waals surface area contributed by atoms with Gasteiger partial charge >= 0.3 is 5.97 Å². The van der Waals surface area contributed by atoms with Crippen LogP contribution in [0.1, 0.15) is 26.3 Å². The maximum atomic E-state index is 12.1. The number of hydrogen-bond donors (Lipinski definition) is 2. The fourth-order valence-corrected chi connectivity index (χ4v) is 2.46. The van der Waals surface area contributed by atoms with Crippen molar-refractivity contribution in [3.63, 3.8) is 0 Å². The largest absolute Gasteiger partial charge is 0.489 e. The molecule has 7 heteroatoms. The molecule has 7 nitrogen and oxygen atoms in total. The van der Waals surface area contributed by atoms with E-state index in [1.54, 1.807) is 54.6 Å². The number of carbonyl (C=O) groups excluding carboxylic acids is 3. The van der Waals surface area contributed by atoms with Crippen molar-refractivity contribution in [1.29, 1.82) is 0 Å². The van der Waals surface area contributed by atoms with Crippen LogP contribution in [0.25, 0.3) is 0 Å². The molecule has 0 aliphatic heterocycles. The summed E-state index contributed by atoms with van der Waals surface area (Å²) in [5.74, 6) is -1.01. The number of hydrogen-bond acceptors (Lipinski definition) is 5. The predicted octanol–water partition coefficient (Wildman–Crippen LogP) is 2.88. The van der Waals surface area contributed by atoms with E-state index in [9.17, 15) is 14.4 Å². The molecule has 0 fully saturated rings. The number of nitrogens with one attached hydrogen (secondary N) is 2. The quantitative estimate of drug-likeness (QED) is 0.467. The molecular weight excluding hydrogens is 384 g/mol. The third kappa shape index (κ3) is 6.20. The van der Waals surface area contributed by atoms with Gasteiger partial charge in [-0.3, -0.25) is 20.4 Å². The highest BCUT2D eigenvalue weighted by molar-refractivity contribution is 5.96. The average molecular weight is 404 g/mol. The van der Waals surface area contributed by atoms with Gasteiger partial charge in [0, 0.05) is 5.56 Å². The van der Waals surface area contributed by atoms with Gasteiger partial charge in [0.05, 0.1) is 5.56 Å². The lowest BCUT2D eigenvalue weighted by Crippen LogP contribution is -2.43. The van der Waals surface area contributed by atoms with E-state index in [1.165, 1.54) is 0 Å². The topological polar surface area (TPSA) is 93.7 Å². The SMILES string of the molecule is O=C(COC(=O)c1ccc(COc2ccccc2)cc1)NNC(=O)c1ccccc1. The summed E-state index contributed by atoms with van der Waals surface area (Å²) in [5.41, 5.74) is 6.04. The Kier molecular flexibility index (Phi) is 7.16. The molecule has 0 spiro atoms. The van der Waals surface area contributed by atoms with Gasteiger partial charge in [-0.1, -0.05) is 48.5 Å². The molecule has 0 heterocycles. The number of carbonyl (C=O) groups is 3. The van der Waals surface area contributed by atoms with Crippen LogP contribution >= 0.6 is 0 Å². The number of hydrazine groups is 1. The molecular formula is C23H20N2O5. The number of rotatable bonds is 7. The van der Waals surface area contributed by atoms with Crippen LogP contribution in [0.3, 0.4) is 0 Å². The zero-order valence-corrected chi connectivity index (χ0v) is 16.0. The Morgan fingerprint density at radius 1 is 0.700 bits per heavy atom. The third-order valence-electron chi connectivity index (χ3n) is 4.02. The molecule has 30 heavy (non-hydrogen) atoms. The lowest BCUT2D eigenvalue weighted by Gasteiger charge is -2.09. The van der Waals surface area contributed by atoms with Crippen molar-refractivity contribution in [2.24, 2.45) is 0 Å². The first-order valence-corrected chi connectivity index (χ1v) is 9.20. The van der Waals surface area contributed by atoms with Gasteiger partial charge in [0.1, 0.15) is 12.4 Å². The van der Waals surface area contributed by atoms with Gasteiger partial charge in [0.2, 0.25) is 0 Å². The van der Waals surface area contributed by atoms with E-state index in [0.717, 1.165) is 11.3 Å². The molecule has 0 aromatic heterocycles. The van der Waals surface area contributed by atoms with Crippen molar-refractivity contribution in [1.82, 2.24) is 10.9 Å². The molecule has 0 aliphatic carbocycles. The summed E-state index contributed by atoms with van der Waals surface area (Å²) in [6.45, 7) is -0.157. The molecule has 152 valence electrons. The second-order valence-electron chi connectivity index (χ2n) is 6.24. The standard InChI is InChI=1S/C23H20N2O5/c26-21(24-25-22(27)18-7-3-1-4-8-18)16-30-23(28)19-13-11-17(12-14-19)15-29-20-9-5-2-6-10-20/h1-14H,15-16H2,(H,24,26)(H,25,27). The fraction of sp³-hybridized carbons (Fsp3) is 0.0870. The lowest BCUT2D eigenvalue weighted by atomic mass is 10.1. The Hall–Kier alpha value is -4.13. The summed E-state index contributed by atoms with van der Waals surface area (Å²) in [6.07, 6.45) is 0. The van der Waals surface area contributed by atoms with Crippen molar-refractivity contribution in [3.8, 4) is 5.75 Å². The fourth-order valence-electron chi connectivity index (χ4n) is 2.46. The van der Waals surface area contributed by atoms with Crippen molar-refractivity contribution < 1.29 is 23.9 Å². The highest BCUT2D eigenvalue weighted by Crippen LogP contribution is 2.12. The molecule has 0 bridgehead atoms. The minimum Gasteiger partial charge on any atom is -0.489 e. The maximum Gasteiger partial charge on any atom is 0.338 e. The van der Waals surface area contributed by atoms with Gasteiger partial charge in [0.25, 0.3) is 11.8 Å². The molecule has 2 N–H and O–H groups in total. The summed E-state index contributed by atoms with van der Waals surface area (Å²) >= 11 is 0. The van der Waals surface area contributed by atoms with E-state index in [0.29, 0.717) is 17.7 Å². The summed E-state index contributed by atoms with van der Waals surface area (Å²) < 4.78 is 10.6. The molecule has 0 atom stereocenters. The third-order valence-corrected chi connectivity index (χ3v) is 4.02. The van der Waals surface area contributed by atoms with E-state index in [1.807, 2.05) is 30.3 Å². The molecule has 2 amide bonds. The van der Waals surface area contributed by atoms with Crippen LogP contribution < -0.4 is 15.6 Å². The number of amides is 2. The van der Waals surface area contributed by atoms with Crippen molar-refractivity contribution in [2.75, 3.05) is 6.61 Å². The summed E-state index contributed by atoms with van der Waals surface area (Å²) in [5, 5.41) is 0. The summed E-state index contributed by atoms with van der Waals surface area (Å²) in [7, 11) is 0. The van der Waals surface area contributed by atoms with E-state index >= 15 is 0 Å². The predicted molar refractivity (Wildman–Crippen MR) is 110 cm³/mol. The second kappa shape index (κ2) is 10.4. The maximum absolute atomic E-state index is 12.1. The summed E-state index contributed by atoms with van der Waals surface area (Å²) in [6, 6.07) is 24.5. The first-order chi connectivity index (χ1) is 14.6. The Bertz CT molecular complexity index is 989. The number of ether oxygens (including phenoxy) is 2. The summed E-state index contributed by atoms with van der Waals surface area (Å²) in [4.78, 5) is 35.7. The van der Waals surface area contributed by atoms with Crippen LogP contribution in [0.2, 0.25) is 0 Å². The Morgan fingerprint density at radius 2 is 1.33 bits per heavy atom. The van der Waals surface area contributed by atoms with Crippen molar-refractivity contribution >= 4 is 17.8 Å². The Balaban J connectivity index is 1.40. The Labute approximate surface area is 173 Å². The van der Waals surface area contributed by atoms with Crippen LogP contribution in [0.4, 0.5) is 0 Å². The number of para-hydroxylation sites is 1. The molecule has 0 radical (unpaired) electrons. The minimum atomic E-state index is -0.652. The van der Waals surface area contributed by atoms with Gasteiger partial charge < -0.3 is 9.47 Å². The van der Waals surface area contributed by atoms with E-state index in [4.69, 9.17) is 9.47 Å². The van der Waals surface area contributed by atoms with Crippen LogP contribution in [0, 0.1) is 0 Å². The number of esters is 1. The number of benzene rings is 3. The average Bonchev–Trinajstić information content (AvgIpc) is 2.81. The van der Waals surface area contributed by atoms with Crippen LogP contribution in [-0.4, -0.2) is 24.4 Å². The van der Waals surface area contributed by atoms with Crippen LogP contribution in [-0.2, 0) is 16.1 Å². The van der Waals surface area contributed by atoms with Gasteiger partial charge in [-0.15, -0.1) is 0 Å². The van der Waals surface area contributed by atoms with Gasteiger partial charge in [-0.25, -0.2) is 4.79 Å². The second-order valence-corrected chi connectivity index (χ2v) is 6.24. The molecule has 3 aromatic carbocycles. The van der Waals surface area contributed by atoms with Crippen LogP contribution in [0.5, 0.6) is 5.75 Å². The van der Waals surface area contributed by atoms with E-state index in [-0.39, 0.29) is 0 Å². The molecule has 0 unspecified atom stereocenters. The Morgan fingerprint density at radius 3 is 2.00 bits per heavy atom. The smallest absolute Gasteiger partial charge is 0.338 e. The highest BCUT2D eigenvalue weighted by Gasteiger charge is 2.11. The van der Waals surface area contributed by atoms with Crippen LogP contribution in [0.15, 0.2) is 84.9 Å². The van der Waals surface area contributed by atoms with Crippen molar-refractivity contribution in [3.05, 3.63) is 102 Å². The first-order valence-electron chi connectivity index (χ1n) is 9.20. The molecule has 0 saturated heterocycles. The first kappa shape index (κ1) is 20.6. The zero-order valence-electron chi connectivity index (χ0n) is 16.0. The highest BCUT2D eigenvalue weighted by atomic mass is 16.5.